The first-order valence-corrected chi connectivity index (χ1v) is 4.28. The Morgan fingerprint density at radius 3 is 2.17 bits per heavy atom. The number of carbonyl (C=O) groups is 1. The Hall–Kier alpha value is 0.756. The summed E-state index contributed by atoms with van der Waals surface area (Å²) < 4.78 is 28.3. The van der Waals surface area contributed by atoms with Crippen molar-refractivity contribution in [1.82, 2.24) is 0 Å². The van der Waals surface area contributed by atoms with E-state index in [1.165, 1.54) is 0 Å². The second-order valence-electron chi connectivity index (χ2n) is 1.93. The molecule has 64 valence electrons. The first kappa shape index (κ1) is 15.2. The second-order valence-corrected chi connectivity index (χ2v) is 3.50. The molecular weight excluding hydrogens is 211 g/mol. The minimum absolute atomic E-state index is 0. The van der Waals surface area contributed by atoms with Crippen LogP contribution in [0.4, 0.5) is 0 Å². The van der Waals surface area contributed by atoms with Crippen molar-refractivity contribution in [2.45, 2.75) is 6.42 Å². The Balaban J connectivity index is 0. The topological polar surface area (TPSA) is 94.5 Å². The standard InChI is InChI=1S/C5H8O5S.K/c1-4(5(6)7)2-3-11(8,9)10;/h1-3H2,(H,6,7)(H,8,9,10);/q;+1/p-1. The summed E-state index contributed by atoms with van der Waals surface area (Å²) >= 11 is 0. The summed E-state index contributed by atoms with van der Waals surface area (Å²) in [5.74, 6) is -2.14. The maximum Gasteiger partial charge on any atom is 1.00 e. The maximum atomic E-state index is 10.1. The number of rotatable bonds is 4. The molecule has 0 fully saturated rings. The van der Waals surface area contributed by atoms with E-state index < -0.39 is 21.8 Å². The van der Waals surface area contributed by atoms with Gasteiger partial charge >= 0.3 is 51.4 Å². The summed E-state index contributed by atoms with van der Waals surface area (Å²) in [6, 6.07) is 0. The van der Waals surface area contributed by atoms with Crippen LogP contribution in [0.25, 0.3) is 0 Å². The Bertz CT molecular complexity index is 268. The zero-order valence-corrected chi connectivity index (χ0v) is 10.5. The van der Waals surface area contributed by atoms with Gasteiger partial charge in [-0.25, -0.2) is 0 Å². The SMILES string of the molecule is C=C(CCS(=O)(=O)O)C(=O)[O-].[K+]. The molecule has 0 aliphatic heterocycles. The van der Waals surface area contributed by atoms with Gasteiger partial charge in [0.2, 0.25) is 0 Å². The zero-order chi connectivity index (χ0) is 9.07. The molecule has 0 radical (unpaired) electrons. The Kier molecular flexibility index (Phi) is 7.93. The number of hydrogen-bond donors (Lipinski definition) is 1. The van der Waals surface area contributed by atoms with Crippen LogP contribution in [0, 0.1) is 0 Å². The normalized spacial score (nSPS) is 10.1. The third-order valence-electron chi connectivity index (χ3n) is 0.950. The molecule has 0 aromatic carbocycles. The van der Waals surface area contributed by atoms with Crippen LogP contribution in [0.3, 0.4) is 0 Å². The summed E-state index contributed by atoms with van der Waals surface area (Å²) in [7, 11) is -4.10. The van der Waals surface area contributed by atoms with Crippen molar-refractivity contribution >= 4 is 16.1 Å². The monoisotopic (exact) mass is 218 g/mol. The molecule has 0 aliphatic carbocycles. The van der Waals surface area contributed by atoms with Gasteiger partial charge in [-0.1, -0.05) is 6.58 Å². The summed E-state index contributed by atoms with van der Waals surface area (Å²) in [6.45, 7) is 3.02. The van der Waals surface area contributed by atoms with Gasteiger partial charge in [0.25, 0.3) is 10.1 Å². The van der Waals surface area contributed by atoms with Crippen molar-refractivity contribution in [2.24, 2.45) is 0 Å². The fraction of sp³-hybridized carbons (Fsp3) is 0.400. The van der Waals surface area contributed by atoms with E-state index >= 15 is 0 Å². The molecule has 0 atom stereocenters. The molecule has 1 N–H and O–H groups in total. The van der Waals surface area contributed by atoms with Crippen LogP contribution >= 0.6 is 0 Å². The van der Waals surface area contributed by atoms with E-state index in [1.54, 1.807) is 0 Å². The Labute approximate surface area is 113 Å². The molecule has 0 aliphatic rings. The summed E-state index contributed by atoms with van der Waals surface area (Å²) in [5, 5.41) is 9.93. The van der Waals surface area contributed by atoms with Crippen molar-refractivity contribution in [3.8, 4) is 0 Å². The molecule has 0 bridgehead atoms. The van der Waals surface area contributed by atoms with Crippen LogP contribution < -0.4 is 56.5 Å². The number of carboxylic acid groups (broad SMARTS) is 1. The fourth-order valence-electron chi connectivity index (χ4n) is 0.354. The molecule has 7 heteroatoms. The molecule has 0 spiro atoms. The van der Waals surface area contributed by atoms with E-state index in [0.29, 0.717) is 0 Å². The average molecular weight is 218 g/mol. The average Bonchev–Trinajstić information content (AvgIpc) is 1.80. The van der Waals surface area contributed by atoms with Gasteiger partial charge in [-0.15, -0.1) is 0 Å². The van der Waals surface area contributed by atoms with Gasteiger partial charge in [-0.3, -0.25) is 4.55 Å². The minimum atomic E-state index is -4.10. The molecule has 0 aromatic heterocycles. The molecule has 0 heterocycles. The third kappa shape index (κ3) is 8.85. The van der Waals surface area contributed by atoms with Crippen LogP contribution in [-0.2, 0) is 14.9 Å². The number of aliphatic carboxylic acids is 1. The summed E-state index contributed by atoms with van der Waals surface area (Å²) in [6.07, 6.45) is -0.318. The Morgan fingerprint density at radius 1 is 1.50 bits per heavy atom. The van der Waals surface area contributed by atoms with Crippen molar-refractivity contribution < 1.29 is 74.3 Å². The van der Waals surface area contributed by atoms with Crippen LogP contribution in [0.1, 0.15) is 6.42 Å². The number of carboxylic acids is 1. The maximum absolute atomic E-state index is 10.1. The molecule has 0 aromatic rings. The van der Waals surface area contributed by atoms with Gasteiger partial charge in [-0.2, -0.15) is 8.42 Å². The molecule has 12 heavy (non-hydrogen) atoms. The number of carbonyl (C=O) groups excluding carboxylic acids is 1. The predicted molar refractivity (Wildman–Crippen MR) is 35.2 cm³/mol. The van der Waals surface area contributed by atoms with E-state index in [9.17, 15) is 18.3 Å². The molecule has 0 saturated heterocycles. The van der Waals surface area contributed by atoms with E-state index in [2.05, 4.69) is 6.58 Å². The minimum Gasteiger partial charge on any atom is -0.545 e. The second kappa shape index (κ2) is 6.25. The zero-order valence-electron chi connectivity index (χ0n) is 6.61. The van der Waals surface area contributed by atoms with Gasteiger partial charge < -0.3 is 9.90 Å². The number of hydrogen-bond acceptors (Lipinski definition) is 4. The smallest absolute Gasteiger partial charge is 0.545 e. The quantitative estimate of drug-likeness (QED) is 0.292. The molecule has 0 rings (SSSR count). The van der Waals surface area contributed by atoms with Crippen molar-refractivity contribution in [1.29, 1.82) is 0 Å². The van der Waals surface area contributed by atoms with Crippen molar-refractivity contribution in [2.75, 3.05) is 5.75 Å². The van der Waals surface area contributed by atoms with Gasteiger partial charge in [0, 0.05) is 0 Å². The van der Waals surface area contributed by atoms with Crippen LogP contribution in [0.15, 0.2) is 12.2 Å². The predicted octanol–water partition coefficient (Wildman–Crippen LogP) is -4.43. The van der Waals surface area contributed by atoms with Crippen LogP contribution in [0.5, 0.6) is 0 Å². The molecule has 0 unspecified atom stereocenters. The fourth-order valence-corrected chi connectivity index (χ4v) is 0.859. The molecule has 5 nitrogen and oxygen atoms in total. The van der Waals surface area contributed by atoms with Crippen LogP contribution in [-0.4, -0.2) is 24.7 Å². The Morgan fingerprint density at radius 2 is 1.92 bits per heavy atom. The first-order chi connectivity index (χ1) is 4.83. The van der Waals surface area contributed by atoms with Gasteiger partial charge in [0.05, 0.1) is 11.7 Å². The van der Waals surface area contributed by atoms with Crippen LogP contribution in [0.2, 0.25) is 0 Å². The van der Waals surface area contributed by atoms with Gasteiger partial charge in [0.1, 0.15) is 0 Å². The van der Waals surface area contributed by atoms with Gasteiger partial charge in [-0.05, 0) is 12.0 Å². The van der Waals surface area contributed by atoms with Crippen molar-refractivity contribution in [3.63, 3.8) is 0 Å². The van der Waals surface area contributed by atoms with E-state index in [1.807, 2.05) is 0 Å². The van der Waals surface area contributed by atoms with Crippen molar-refractivity contribution in [3.05, 3.63) is 12.2 Å². The summed E-state index contributed by atoms with van der Waals surface area (Å²) in [5.41, 5.74) is -0.345. The van der Waals surface area contributed by atoms with E-state index in [4.69, 9.17) is 4.55 Å². The largest absolute Gasteiger partial charge is 1.00 e. The molecular formula is C5H7KO5S. The molecule has 0 saturated carbocycles. The third-order valence-corrected chi connectivity index (χ3v) is 1.67. The van der Waals surface area contributed by atoms with E-state index in [0.717, 1.165) is 0 Å². The van der Waals surface area contributed by atoms with E-state index in [-0.39, 0.29) is 63.4 Å². The molecule has 0 amide bonds. The first-order valence-electron chi connectivity index (χ1n) is 2.67. The summed E-state index contributed by atoms with van der Waals surface area (Å²) in [4.78, 5) is 9.93. The van der Waals surface area contributed by atoms with Gasteiger partial charge in [0.15, 0.2) is 0 Å².